The quantitative estimate of drug-likeness (QED) is 0.357. The summed E-state index contributed by atoms with van der Waals surface area (Å²) in [5.74, 6) is -1.14. The molecule has 3 rings (SSSR count). The molecule has 8 heteroatoms. The van der Waals surface area contributed by atoms with Crippen molar-refractivity contribution in [2.24, 2.45) is 0 Å². The van der Waals surface area contributed by atoms with Crippen LogP contribution in [0.4, 0.5) is 0 Å². The zero-order valence-electron chi connectivity index (χ0n) is 20.4. The number of esters is 1. The van der Waals surface area contributed by atoms with Gasteiger partial charge in [-0.1, -0.05) is 23.8 Å². The molecule has 7 nitrogen and oxygen atoms in total. The Hall–Kier alpha value is -3.23. The lowest BCUT2D eigenvalue weighted by Crippen LogP contribution is -2.33. The van der Waals surface area contributed by atoms with Crippen LogP contribution in [0.25, 0.3) is 5.69 Å². The highest BCUT2D eigenvalue weighted by molar-refractivity contribution is 7.89. The first-order valence-corrected chi connectivity index (χ1v) is 12.3. The summed E-state index contributed by atoms with van der Waals surface area (Å²) in [7, 11) is -2.54. The minimum Gasteiger partial charge on any atom is -0.456 e. The Bertz CT molecular complexity index is 1340. The van der Waals surface area contributed by atoms with E-state index >= 15 is 0 Å². The lowest BCUT2D eigenvalue weighted by molar-refractivity contribution is -0.142. The van der Waals surface area contributed by atoms with Gasteiger partial charge in [0, 0.05) is 29.7 Å². The molecule has 0 amide bonds. The number of ketones is 1. The molecule has 0 aliphatic rings. The summed E-state index contributed by atoms with van der Waals surface area (Å²) in [4.78, 5) is 25.2. The number of ether oxygens (including phenoxy) is 1. The minimum absolute atomic E-state index is 0.0864. The lowest BCUT2D eigenvalue weighted by atomic mass is 10.1. The number of hydrogen-bond donors (Lipinski definition) is 0. The predicted octanol–water partition coefficient (Wildman–Crippen LogP) is 4.07. The van der Waals surface area contributed by atoms with E-state index in [0.717, 1.165) is 32.5 Å². The van der Waals surface area contributed by atoms with Gasteiger partial charge in [0.25, 0.3) is 0 Å². The van der Waals surface area contributed by atoms with Gasteiger partial charge in [-0.25, -0.2) is 8.42 Å². The molecule has 0 N–H and O–H groups in total. The van der Waals surface area contributed by atoms with E-state index in [0.29, 0.717) is 5.56 Å². The summed E-state index contributed by atoms with van der Waals surface area (Å²) in [6.45, 7) is 8.73. The third-order valence-electron chi connectivity index (χ3n) is 5.93. The fourth-order valence-corrected chi connectivity index (χ4v) is 4.85. The van der Waals surface area contributed by atoms with Gasteiger partial charge in [-0.05, 0) is 76.1 Å². The SMILES string of the molecule is Cc1ccc(S(=O)(=O)N(C)CC(=O)OCC(=O)c2cc(C)n(-c3ccc(C)c(C)c3)c2C)cc1. The van der Waals surface area contributed by atoms with Crippen LogP contribution >= 0.6 is 0 Å². The van der Waals surface area contributed by atoms with Crippen LogP contribution < -0.4 is 0 Å². The summed E-state index contributed by atoms with van der Waals surface area (Å²) in [6, 6.07) is 14.2. The number of carbonyl (C=O) groups excluding carboxylic acids is 2. The molecule has 0 unspecified atom stereocenters. The maximum Gasteiger partial charge on any atom is 0.321 e. The average molecular weight is 483 g/mol. The number of nitrogens with zero attached hydrogens (tertiary/aromatic N) is 2. The molecule has 1 heterocycles. The first kappa shape index (κ1) is 25.4. The Morgan fingerprint density at radius 3 is 2.18 bits per heavy atom. The molecule has 0 aliphatic carbocycles. The first-order chi connectivity index (χ1) is 15.9. The van der Waals surface area contributed by atoms with Crippen molar-refractivity contribution >= 4 is 21.8 Å². The number of carbonyl (C=O) groups is 2. The van der Waals surface area contributed by atoms with Gasteiger partial charge in [0.05, 0.1) is 4.90 Å². The minimum atomic E-state index is -3.84. The Kier molecular flexibility index (Phi) is 7.43. The normalized spacial score (nSPS) is 11.6. The molecule has 3 aromatic rings. The standard InChI is InChI=1S/C26H30N2O5S/c1-17-7-11-23(12-8-17)34(31,32)27(6)15-26(30)33-16-25(29)24-14-20(4)28(21(24)5)22-10-9-18(2)19(3)13-22/h7-14H,15-16H2,1-6H3. The molecule has 34 heavy (non-hydrogen) atoms. The highest BCUT2D eigenvalue weighted by atomic mass is 32.2. The molecular formula is C26H30N2O5S. The number of hydrogen-bond acceptors (Lipinski definition) is 5. The van der Waals surface area contributed by atoms with E-state index in [2.05, 4.69) is 6.07 Å². The second kappa shape index (κ2) is 9.95. The second-order valence-electron chi connectivity index (χ2n) is 8.55. The van der Waals surface area contributed by atoms with Gasteiger partial charge >= 0.3 is 5.97 Å². The topological polar surface area (TPSA) is 85.7 Å². The number of aromatic nitrogens is 1. The maximum atomic E-state index is 12.8. The van der Waals surface area contributed by atoms with Gasteiger partial charge in [-0.15, -0.1) is 0 Å². The highest BCUT2D eigenvalue weighted by Crippen LogP contribution is 2.23. The fourth-order valence-electron chi connectivity index (χ4n) is 3.73. The van der Waals surface area contributed by atoms with E-state index < -0.39 is 29.1 Å². The predicted molar refractivity (Wildman–Crippen MR) is 131 cm³/mol. The number of benzene rings is 2. The van der Waals surface area contributed by atoms with Crippen molar-refractivity contribution in [1.82, 2.24) is 8.87 Å². The van der Waals surface area contributed by atoms with Crippen LogP contribution in [-0.4, -0.2) is 49.2 Å². The van der Waals surface area contributed by atoms with Crippen LogP contribution in [0, 0.1) is 34.6 Å². The molecule has 180 valence electrons. The summed E-state index contributed by atoms with van der Waals surface area (Å²) >= 11 is 0. The molecule has 1 aromatic heterocycles. The Morgan fingerprint density at radius 1 is 0.912 bits per heavy atom. The third kappa shape index (κ3) is 5.29. The summed E-state index contributed by atoms with van der Waals surface area (Å²) in [6.07, 6.45) is 0. The lowest BCUT2D eigenvalue weighted by Gasteiger charge is -2.16. The van der Waals surface area contributed by atoms with Crippen molar-refractivity contribution in [3.05, 3.63) is 82.2 Å². The average Bonchev–Trinajstić information content (AvgIpc) is 3.08. The number of Topliss-reactive ketones (excluding diaryl/α,β-unsaturated/α-hetero) is 1. The van der Waals surface area contributed by atoms with E-state index in [4.69, 9.17) is 4.74 Å². The smallest absolute Gasteiger partial charge is 0.321 e. The van der Waals surface area contributed by atoms with E-state index in [1.807, 2.05) is 51.3 Å². The van der Waals surface area contributed by atoms with Gasteiger partial charge in [0.2, 0.25) is 15.8 Å². The third-order valence-corrected chi connectivity index (χ3v) is 7.74. The van der Waals surface area contributed by atoms with Gasteiger partial charge in [-0.3, -0.25) is 9.59 Å². The Labute approximate surface area is 201 Å². The number of sulfonamides is 1. The van der Waals surface area contributed by atoms with Gasteiger partial charge < -0.3 is 9.30 Å². The van der Waals surface area contributed by atoms with Crippen molar-refractivity contribution in [3.8, 4) is 5.69 Å². The maximum absolute atomic E-state index is 12.8. The zero-order valence-corrected chi connectivity index (χ0v) is 21.2. The van der Waals surface area contributed by atoms with Crippen LogP contribution in [0.5, 0.6) is 0 Å². The zero-order chi connectivity index (χ0) is 25.2. The van der Waals surface area contributed by atoms with Crippen molar-refractivity contribution in [3.63, 3.8) is 0 Å². The molecule has 0 spiro atoms. The molecule has 0 saturated carbocycles. The Morgan fingerprint density at radius 2 is 1.56 bits per heavy atom. The van der Waals surface area contributed by atoms with Gasteiger partial charge in [0.15, 0.2) is 6.61 Å². The molecule has 2 aromatic carbocycles. The molecule has 0 aliphatic heterocycles. The van der Waals surface area contributed by atoms with Gasteiger partial charge in [-0.2, -0.15) is 4.31 Å². The largest absolute Gasteiger partial charge is 0.456 e. The molecule has 0 bridgehead atoms. The summed E-state index contributed by atoms with van der Waals surface area (Å²) in [5, 5.41) is 0. The molecule has 0 fully saturated rings. The van der Waals surface area contributed by atoms with Crippen LogP contribution in [0.1, 0.15) is 38.4 Å². The Balaban J connectivity index is 1.67. The van der Waals surface area contributed by atoms with Crippen molar-refractivity contribution in [1.29, 1.82) is 0 Å². The van der Waals surface area contributed by atoms with E-state index in [-0.39, 0.29) is 10.7 Å². The fraction of sp³-hybridized carbons (Fsp3) is 0.308. The number of aryl methyl sites for hydroxylation is 4. The van der Waals surface area contributed by atoms with Crippen LogP contribution in [0.15, 0.2) is 53.4 Å². The van der Waals surface area contributed by atoms with Gasteiger partial charge in [0.1, 0.15) is 6.54 Å². The van der Waals surface area contributed by atoms with E-state index in [1.165, 1.54) is 24.7 Å². The van der Waals surface area contributed by atoms with Crippen LogP contribution in [0.3, 0.4) is 0 Å². The van der Waals surface area contributed by atoms with Crippen molar-refractivity contribution in [2.75, 3.05) is 20.2 Å². The molecule has 0 atom stereocenters. The molecule has 0 saturated heterocycles. The highest BCUT2D eigenvalue weighted by Gasteiger charge is 2.24. The molecular weight excluding hydrogens is 452 g/mol. The van der Waals surface area contributed by atoms with Crippen LogP contribution in [-0.2, 0) is 19.6 Å². The van der Waals surface area contributed by atoms with Crippen LogP contribution in [0.2, 0.25) is 0 Å². The summed E-state index contributed by atoms with van der Waals surface area (Å²) in [5.41, 5.74) is 6.32. The molecule has 0 radical (unpaired) electrons. The second-order valence-corrected chi connectivity index (χ2v) is 10.6. The summed E-state index contributed by atoms with van der Waals surface area (Å²) < 4.78 is 33.3. The van der Waals surface area contributed by atoms with E-state index in [1.54, 1.807) is 18.2 Å². The first-order valence-electron chi connectivity index (χ1n) is 10.9. The number of likely N-dealkylation sites (N-methyl/N-ethyl adjacent to an activating group) is 1. The van der Waals surface area contributed by atoms with Crippen molar-refractivity contribution < 1.29 is 22.7 Å². The van der Waals surface area contributed by atoms with E-state index in [9.17, 15) is 18.0 Å². The van der Waals surface area contributed by atoms with Crippen molar-refractivity contribution in [2.45, 2.75) is 39.5 Å². The monoisotopic (exact) mass is 482 g/mol. The number of rotatable bonds is 8.